The van der Waals surface area contributed by atoms with Gasteiger partial charge in [-0.15, -0.1) is 0 Å². The van der Waals surface area contributed by atoms with Crippen LogP contribution in [0.5, 0.6) is 0 Å². The summed E-state index contributed by atoms with van der Waals surface area (Å²) in [5, 5.41) is 11.1. The molecule has 1 aromatic carbocycles. The third-order valence-electron chi connectivity index (χ3n) is 2.41. The van der Waals surface area contributed by atoms with Gasteiger partial charge in [-0.25, -0.2) is 8.78 Å². The highest BCUT2D eigenvalue weighted by Gasteiger charge is 2.17. The minimum Gasteiger partial charge on any atom is -0.385 e. The van der Waals surface area contributed by atoms with E-state index in [1.807, 2.05) is 30.3 Å². The Balaban J connectivity index is 2.08. The number of hydrogen-bond donors (Lipinski definition) is 2. The number of amides is 1. The number of aryl methyl sites for hydroxylation is 1. The van der Waals surface area contributed by atoms with Gasteiger partial charge in [-0.1, -0.05) is 30.3 Å². The first kappa shape index (κ1) is 15.9. The molecule has 0 bridgehead atoms. The lowest BCUT2D eigenvalue weighted by atomic mass is 10.2. The van der Waals surface area contributed by atoms with E-state index < -0.39 is 19.1 Å². The molecule has 0 fully saturated rings. The van der Waals surface area contributed by atoms with Gasteiger partial charge in [0.1, 0.15) is 6.10 Å². The van der Waals surface area contributed by atoms with E-state index in [-0.39, 0.29) is 11.7 Å². The van der Waals surface area contributed by atoms with Gasteiger partial charge in [-0.3, -0.25) is 4.79 Å². The van der Waals surface area contributed by atoms with E-state index in [1.54, 1.807) is 0 Å². The van der Waals surface area contributed by atoms with Crippen molar-refractivity contribution in [3.63, 3.8) is 0 Å². The molecule has 6 heteroatoms. The largest absolute Gasteiger partial charge is 0.385 e. The summed E-state index contributed by atoms with van der Waals surface area (Å²) in [7, 11) is 0. The molecule has 0 aliphatic carbocycles. The van der Waals surface area contributed by atoms with Gasteiger partial charge in [0, 0.05) is 6.54 Å². The molecule has 0 saturated heterocycles. The number of nitrogens with one attached hydrogen (secondary N) is 1. The fourth-order valence-corrected chi connectivity index (χ4v) is 2.17. The summed E-state index contributed by atoms with van der Waals surface area (Å²) in [5.74, 6) is 0.662. The number of alkyl halides is 2. The van der Waals surface area contributed by atoms with Gasteiger partial charge in [0.2, 0.25) is 5.91 Å². The molecule has 0 aromatic heterocycles. The van der Waals surface area contributed by atoms with E-state index in [0.29, 0.717) is 0 Å². The lowest BCUT2D eigenvalue weighted by molar-refractivity contribution is -0.119. The third kappa shape index (κ3) is 7.12. The van der Waals surface area contributed by atoms with Crippen molar-refractivity contribution >= 4 is 17.7 Å². The quantitative estimate of drug-likeness (QED) is 0.716. The Bertz CT molecular complexity index is 376. The molecule has 19 heavy (non-hydrogen) atoms. The smallest absolute Gasteiger partial charge is 0.265 e. The van der Waals surface area contributed by atoms with E-state index >= 15 is 0 Å². The van der Waals surface area contributed by atoms with Gasteiger partial charge in [-0.05, 0) is 17.7 Å². The van der Waals surface area contributed by atoms with Crippen LogP contribution in [0.15, 0.2) is 30.3 Å². The highest BCUT2D eigenvalue weighted by Crippen LogP contribution is 2.06. The Morgan fingerprint density at radius 3 is 2.63 bits per heavy atom. The predicted octanol–water partition coefficient (Wildman–Crippen LogP) is 1.70. The van der Waals surface area contributed by atoms with Crippen LogP contribution < -0.4 is 5.32 Å². The maximum absolute atomic E-state index is 12.0. The number of carbonyl (C=O) groups is 1. The number of aliphatic hydroxyl groups is 1. The maximum atomic E-state index is 12.0. The average Bonchev–Trinajstić information content (AvgIpc) is 2.42. The second-order valence-corrected chi connectivity index (χ2v) is 5.10. The van der Waals surface area contributed by atoms with Crippen LogP contribution in [0.4, 0.5) is 8.78 Å². The molecule has 0 heterocycles. The molecule has 106 valence electrons. The summed E-state index contributed by atoms with van der Waals surface area (Å²) in [6.07, 6.45) is -3.76. The van der Waals surface area contributed by atoms with E-state index in [1.165, 1.54) is 17.3 Å². The number of benzene rings is 1. The number of hydrogen-bond acceptors (Lipinski definition) is 3. The van der Waals surface area contributed by atoms with Crippen LogP contribution in [0.25, 0.3) is 0 Å². The van der Waals surface area contributed by atoms with Gasteiger partial charge in [-0.2, -0.15) is 11.8 Å². The first-order valence-electron chi connectivity index (χ1n) is 5.94. The fourth-order valence-electron chi connectivity index (χ4n) is 1.36. The van der Waals surface area contributed by atoms with Crippen LogP contribution in [-0.2, 0) is 11.2 Å². The van der Waals surface area contributed by atoms with Crippen LogP contribution in [0.3, 0.4) is 0 Å². The number of aliphatic hydroxyl groups excluding tert-OH is 1. The van der Waals surface area contributed by atoms with Crippen molar-refractivity contribution in [1.29, 1.82) is 0 Å². The molecular weight excluding hydrogens is 272 g/mol. The van der Waals surface area contributed by atoms with Crippen LogP contribution in [0.1, 0.15) is 5.56 Å². The Labute approximate surface area is 115 Å². The number of rotatable bonds is 8. The zero-order chi connectivity index (χ0) is 14.1. The highest BCUT2D eigenvalue weighted by atomic mass is 32.2. The van der Waals surface area contributed by atoms with Gasteiger partial charge in [0.15, 0.2) is 0 Å². The number of thioether (sulfide) groups is 1. The second kappa shape index (κ2) is 8.87. The lowest BCUT2D eigenvalue weighted by Gasteiger charge is -2.10. The zero-order valence-electron chi connectivity index (χ0n) is 10.4. The Morgan fingerprint density at radius 2 is 2.00 bits per heavy atom. The van der Waals surface area contributed by atoms with E-state index in [9.17, 15) is 13.6 Å². The van der Waals surface area contributed by atoms with Gasteiger partial charge in [0.25, 0.3) is 6.43 Å². The van der Waals surface area contributed by atoms with Gasteiger partial charge in [0.05, 0.1) is 5.75 Å². The predicted molar refractivity (Wildman–Crippen MR) is 72.5 cm³/mol. The van der Waals surface area contributed by atoms with Crippen molar-refractivity contribution in [3.05, 3.63) is 35.9 Å². The third-order valence-corrected chi connectivity index (χ3v) is 3.37. The van der Waals surface area contributed by atoms with E-state index in [0.717, 1.165) is 12.2 Å². The molecule has 3 nitrogen and oxygen atoms in total. The molecule has 2 N–H and O–H groups in total. The van der Waals surface area contributed by atoms with E-state index in [4.69, 9.17) is 5.11 Å². The molecule has 1 atom stereocenters. The Hall–Kier alpha value is -1.14. The minimum absolute atomic E-state index is 0.211. The van der Waals surface area contributed by atoms with Crippen molar-refractivity contribution in [1.82, 2.24) is 5.32 Å². The monoisotopic (exact) mass is 289 g/mol. The lowest BCUT2D eigenvalue weighted by Crippen LogP contribution is -2.36. The first-order valence-corrected chi connectivity index (χ1v) is 7.09. The summed E-state index contributed by atoms with van der Waals surface area (Å²) in [4.78, 5) is 11.3. The number of carbonyl (C=O) groups excluding carboxylic acids is 1. The topological polar surface area (TPSA) is 49.3 Å². The Kier molecular flexibility index (Phi) is 7.43. The van der Waals surface area contributed by atoms with Crippen molar-refractivity contribution in [2.75, 3.05) is 18.1 Å². The van der Waals surface area contributed by atoms with Crippen LogP contribution in [0.2, 0.25) is 0 Å². The summed E-state index contributed by atoms with van der Waals surface area (Å²) < 4.78 is 23.9. The summed E-state index contributed by atoms with van der Waals surface area (Å²) in [5.41, 5.74) is 1.20. The standard InChI is InChI=1S/C13H17F2NO2S/c14-13(15)11(17)8-16-12(18)9-19-7-6-10-4-2-1-3-5-10/h1-5,11,13,17H,6-9H2,(H,16,18). The number of halogens is 2. The molecule has 0 radical (unpaired) electrons. The first-order chi connectivity index (χ1) is 9.09. The molecule has 1 amide bonds. The fraction of sp³-hybridized carbons (Fsp3) is 0.462. The Morgan fingerprint density at radius 1 is 1.32 bits per heavy atom. The van der Waals surface area contributed by atoms with Crippen LogP contribution >= 0.6 is 11.8 Å². The summed E-state index contributed by atoms with van der Waals surface area (Å²) in [6.45, 7) is -0.407. The van der Waals surface area contributed by atoms with Crippen LogP contribution in [0, 0.1) is 0 Å². The maximum Gasteiger partial charge on any atom is 0.265 e. The van der Waals surface area contributed by atoms with Gasteiger partial charge < -0.3 is 10.4 Å². The van der Waals surface area contributed by atoms with E-state index in [2.05, 4.69) is 5.32 Å². The highest BCUT2D eigenvalue weighted by molar-refractivity contribution is 7.99. The molecule has 0 aliphatic rings. The SMILES string of the molecule is O=C(CSCCc1ccccc1)NCC(O)C(F)F. The van der Waals surface area contributed by atoms with Crippen LogP contribution in [-0.4, -0.2) is 41.6 Å². The molecule has 1 aromatic rings. The van der Waals surface area contributed by atoms with Crippen molar-refractivity contribution in [2.24, 2.45) is 0 Å². The average molecular weight is 289 g/mol. The molecular formula is C13H17F2NO2S. The molecule has 0 spiro atoms. The molecule has 1 rings (SSSR count). The van der Waals surface area contributed by atoms with Crippen molar-refractivity contribution in [3.8, 4) is 0 Å². The summed E-state index contributed by atoms with van der Waals surface area (Å²) in [6, 6.07) is 9.88. The molecule has 0 saturated carbocycles. The molecule has 1 unspecified atom stereocenters. The second-order valence-electron chi connectivity index (χ2n) is 3.99. The van der Waals surface area contributed by atoms with Crippen molar-refractivity contribution in [2.45, 2.75) is 19.0 Å². The van der Waals surface area contributed by atoms with Gasteiger partial charge >= 0.3 is 0 Å². The zero-order valence-corrected chi connectivity index (χ0v) is 11.2. The summed E-state index contributed by atoms with van der Waals surface area (Å²) >= 11 is 1.44. The van der Waals surface area contributed by atoms with Crippen molar-refractivity contribution < 1.29 is 18.7 Å². The molecule has 0 aliphatic heterocycles. The normalized spacial score (nSPS) is 12.4. The minimum atomic E-state index is -2.83.